The lowest BCUT2D eigenvalue weighted by Gasteiger charge is -2.32. The molecule has 1 amide bonds. The summed E-state index contributed by atoms with van der Waals surface area (Å²) < 4.78 is 5.14. The SMILES string of the molecule is N#Cc1ccc(Cl)cc1N[C@H]1CCCC[C@@H]1OC(N)=O. The number of amides is 1. The van der Waals surface area contributed by atoms with E-state index in [1.165, 1.54) is 0 Å². The normalized spacial score (nSPS) is 21.8. The molecule has 0 bridgehead atoms. The van der Waals surface area contributed by atoms with Crippen molar-refractivity contribution < 1.29 is 9.53 Å². The van der Waals surface area contributed by atoms with Crippen LogP contribution in [0.3, 0.4) is 0 Å². The number of hydrogen-bond acceptors (Lipinski definition) is 4. The Kier molecular flexibility index (Phi) is 4.70. The van der Waals surface area contributed by atoms with E-state index in [1.54, 1.807) is 18.2 Å². The molecule has 0 unspecified atom stereocenters. The Bertz CT molecular complexity index is 542. The maximum Gasteiger partial charge on any atom is 0.404 e. The minimum atomic E-state index is -0.768. The molecular weight excluding hydrogens is 278 g/mol. The number of carbonyl (C=O) groups is 1. The summed E-state index contributed by atoms with van der Waals surface area (Å²) in [7, 11) is 0. The van der Waals surface area contributed by atoms with Gasteiger partial charge in [0.2, 0.25) is 0 Å². The molecule has 2 atom stereocenters. The fourth-order valence-electron chi connectivity index (χ4n) is 2.49. The third-order valence-corrected chi connectivity index (χ3v) is 3.65. The summed E-state index contributed by atoms with van der Waals surface area (Å²) in [6.07, 6.45) is 2.62. The number of rotatable bonds is 3. The fourth-order valence-corrected chi connectivity index (χ4v) is 2.66. The third kappa shape index (κ3) is 3.55. The third-order valence-electron chi connectivity index (χ3n) is 3.41. The molecular formula is C14H16ClN3O2. The Morgan fingerprint density at radius 2 is 2.20 bits per heavy atom. The van der Waals surface area contributed by atoms with Crippen LogP contribution in [0.25, 0.3) is 0 Å². The van der Waals surface area contributed by atoms with Crippen LogP contribution in [-0.4, -0.2) is 18.2 Å². The van der Waals surface area contributed by atoms with Gasteiger partial charge in [0.25, 0.3) is 0 Å². The second-order valence-corrected chi connectivity index (χ2v) is 5.25. The van der Waals surface area contributed by atoms with Crippen LogP contribution >= 0.6 is 11.6 Å². The molecule has 0 radical (unpaired) electrons. The standard InChI is InChI=1S/C14H16ClN3O2/c15-10-6-5-9(8-16)12(7-10)18-11-3-1-2-4-13(11)20-14(17)19/h5-7,11,13,18H,1-4H2,(H2,17,19)/t11-,13-/m0/s1. The zero-order chi connectivity index (χ0) is 14.5. The van der Waals surface area contributed by atoms with E-state index in [0.29, 0.717) is 16.3 Å². The van der Waals surface area contributed by atoms with Crippen LogP contribution in [-0.2, 0) is 4.74 Å². The van der Waals surface area contributed by atoms with E-state index in [1.807, 2.05) is 0 Å². The van der Waals surface area contributed by atoms with Gasteiger partial charge in [-0.15, -0.1) is 0 Å². The lowest BCUT2D eigenvalue weighted by Crippen LogP contribution is -2.41. The molecule has 1 saturated carbocycles. The van der Waals surface area contributed by atoms with Crippen LogP contribution in [0.15, 0.2) is 18.2 Å². The quantitative estimate of drug-likeness (QED) is 0.896. The smallest absolute Gasteiger partial charge is 0.404 e. The number of halogens is 1. The van der Waals surface area contributed by atoms with Crippen molar-refractivity contribution in [2.24, 2.45) is 5.73 Å². The molecule has 0 spiro atoms. The van der Waals surface area contributed by atoms with Gasteiger partial charge in [0.1, 0.15) is 12.2 Å². The summed E-state index contributed by atoms with van der Waals surface area (Å²) in [5.74, 6) is 0. The first-order chi connectivity index (χ1) is 9.60. The molecule has 5 nitrogen and oxygen atoms in total. The number of nitrogens with one attached hydrogen (secondary N) is 1. The lowest BCUT2D eigenvalue weighted by molar-refractivity contribution is 0.0745. The summed E-state index contributed by atoms with van der Waals surface area (Å²) >= 11 is 5.96. The summed E-state index contributed by atoms with van der Waals surface area (Å²) in [6.45, 7) is 0. The van der Waals surface area contributed by atoms with Gasteiger partial charge >= 0.3 is 6.09 Å². The first-order valence-electron chi connectivity index (χ1n) is 6.52. The number of anilines is 1. The number of nitrogens with two attached hydrogens (primary N) is 1. The average molecular weight is 294 g/mol. The monoisotopic (exact) mass is 293 g/mol. The molecule has 6 heteroatoms. The van der Waals surface area contributed by atoms with Gasteiger partial charge in [-0.3, -0.25) is 0 Å². The van der Waals surface area contributed by atoms with E-state index < -0.39 is 6.09 Å². The van der Waals surface area contributed by atoms with Gasteiger partial charge in [0, 0.05) is 5.02 Å². The van der Waals surface area contributed by atoms with Crippen LogP contribution in [0, 0.1) is 11.3 Å². The first kappa shape index (κ1) is 14.5. The van der Waals surface area contributed by atoms with Crippen molar-refractivity contribution >= 4 is 23.4 Å². The molecule has 0 aliphatic heterocycles. The Balaban J connectivity index is 2.16. The highest BCUT2D eigenvalue weighted by atomic mass is 35.5. The average Bonchev–Trinajstić information content (AvgIpc) is 2.41. The summed E-state index contributed by atoms with van der Waals surface area (Å²) in [5.41, 5.74) is 6.27. The zero-order valence-electron chi connectivity index (χ0n) is 10.9. The molecule has 1 aliphatic carbocycles. The molecule has 2 rings (SSSR count). The van der Waals surface area contributed by atoms with E-state index in [-0.39, 0.29) is 12.1 Å². The number of primary amides is 1. The van der Waals surface area contributed by atoms with Crippen molar-refractivity contribution in [3.8, 4) is 6.07 Å². The molecule has 0 saturated heterocycles. The summed E-state index contributed by atoms with van der Waals surface area (Å²) in [4.78, 5) is 10.9. The van der Waals surface area contributed by atoms with Crippen molar-refractivity contribution in [2.45, 2.75) is 37.8 Å². The number of ether oxygens (including phenoxy) is 1. The maximum absolute atomic E-state index is 10.9. The van der Waals surface area contributed by atoms with Crippen LogP contribution < -0.4 is 11.1 Å². The van der Waals surface area contributed by atoms with Crippen molar-refractivity contribution in [3.63, 3.8) is 0 Å². The van der Waals surface area contributed by atoms with Crippen LogP contribution in [0.4, 0.5) is 10.5 Å². The Hall–Kier alpha value is -1.93. The van der Waals surface area contributed by atoms with Crippen LogP contribution in [0.2, 0.25) is 5.02 Å². The zero-order valence-corrected chi connectivity index (χ0v) is 11.7. The van der Waals surface area contributed by atoms with Gasteiger partial charge in [-0.1, -0.05) is 18.0 Å². The number of hydrogen-bond donors (Lipinski definition) is 2. The van der Waals surface area contributed by atoms with E-state index >= 15 is 0 Å². The molecule has 1 aliphatic rings. The van der Waals surface area contributed by atoms with E-state index in [0.717, 1.165) is 25.7 Å². The van der Waals surface area contributed by atoms with E-state index in [9.17, 15) is 4.79 Å². The predicted octanol–water partition coefficient (Wildman–Crippen LogP) is 3.03. The number of benzene rings is 1. The van der Waals surface area contributed by atoms with Gasteiger partial charge in [0.15, 0.2) is 0 Å². The summed E-state index contributed by atoms with van der Waals surface area (Å²) in [5, 5.41) is 12.9. The molecule has 20 heavy (non-hydrogen) atoms. The van der Waals surface area contributed by atoms with Gasteiger partial charge in [-0.2, -0.15) is 5.26 Å². The number of nitriles is 1. The molecule has 0 aromatic heterocycles. The molecule has 3 N–H and O–H groups in total. The van der Waals surface area contributed by atoms with Gasteiger partial charge in [0.05, 0.1) is 17.3 Å². The van der Waals surface area contributed by atoms with Crippen molar-refractivity contribution in [2.75, 3.05) is 5.32 Å². The summed E-state index contributed by atoms with van der Waals surface area (Å²) in [6, 6.07) is 7.10. The second kappa shape index (κ2) is 6.49. The Morgan fingerprint density at radius 1 is 1.45 bits per heavy atom. The van der Waals surface area contributed by atoms with Crippen molar-refractivity contribution in [3.05, 3.63) is 28.8 Å². The van der Waals surface area contributed by atoms with E-state index in [4.69, 9.17) is 27.3 Å². The largest absolute Gasteiger partial charge is 0.444 e. The highest BCUT2D eigenvalue weighted by Crippen LogP contribution is 2.27. The highest BCUT2D eigenvalue weighted by molar-refractivity contribution is 6.30. The number of nitrogens with zero attached hydrogens (tertiary/aromatic N) is 1. The first-order valence-corrected chi connectivity index (χ1v) is 6.90. The minimum Gasteiger partial charge on any atom is -0.444 e. The lowest BCUT2D eigenvalue weighted by atomic mass is 9.92. The van der Waals surface area contributed by atoms with E-state index in [2.05, 4.69) is 11.4 Å². The maximum atomic E-state index is 10.9. The van der Waals surface area contributed by atoms with Gasteiger partial charge in [-0.05, 0) is 37.5 Å². The molecule has 106 valence electrons. The topological polar surface area (TPSA) is 88.1 Å². The molecule has 0 heterocycles. The fraction of sp³-hybridized carbons (Fsp3) is 0.429. The van der Waals surface area contributed by atoms with Crippen molar-refractivity contribution in [1.82, 2.24) is 0 Å². The second-order valence-electron chi connectivity index (χ2n) is 4.81. The minimum absolute atomic E-state index is 0.0539. The van der Waals surface area contributed by atoms with Crippen LogP contribution in [0.5, 0.6) is 0 Å². The number of carbonyl (C=O) groups excluding carboxylic acids is 1. The highest BCUT2D eigenvalue weighted by Gasteiger charge is 2.28. The Morgan fingerprint density at radius 3 is 2.90 bits per heavy atom. The van der Waals surface area contributed by atoms with Gasteiger partial charge < -0.3 is 15.8 Å². The van der Waals surface area contributed by atoms with Crippen molar-refractivity contribution in [1.29, 1.82) is 5.26 Å². The Labute approximate surface area is 122 Å². The molecule has 1 fully saturated rings. The van der Waals surface area contributed by atoms with Crippen LogP contribution in [0.1, 0.15) is 31.2 Å². The predicted molar refractivity (Wildman–Crippen MR) is 76.5 cm³/mol. The molecule has 1 aromatic rings. The van der Waals surface area contributed by atoms with Gasteiger partial charge in [-0.25, -0.2) is 4.79 Å². The molecule has 1 aromatic carbocycles.